The topological polar surface area (TPSA) is 76.7 Å². The van der Waals surface area contributed by atoms with Gasteiger partial charge in [-0.2, -0.15) is 0 Å². The number of hydrogen-bond donors (Lipinski definition) is 1. The van der Waals surface area contributed by atoms with E-state index in [2.05, 4.69) is 44.6 Å². The summed E-state index contributed by atoms with van der Waals surface area (Å²) in [4.78, 5) is 22.9. The van der Waals surface area contributed by atoms with Gasteiger partial charge >= 0.3 is 13.2 Å². The van der Waals surface area contributed by atoms with Crippen LogP contribution in [0.5, 0.6) is 0 Å². The summed E-state index contributed by atoms with van der Waals surface area (Å²) in [6.45, 7) is 16.6. The van der Waals surface area contributed by atoms with Gasteiger partial charge in [0, 0.05) is 6.04 Å². The Kier molecular flexibility index (Phi) is 6.84. The van der Waals surface area contributed by atoms with E-state index in [0.29, 0.717) is 12.5 Å². The molecule has 2 heterocycles. The molecule has 190 valence electrons. The molecule has 1 saturated carbocycles. The van der Waals surface area contributed by atoms with Crippen LogP contribution in [0.15, 0.2) is 30.5 Å². The number of benzene rings is 1. The fourth-order valence-electron chi connectivity index (χ4n) is 4.67. The molecule has 1 saturated heterocycles. The van der Waals surface area contributed by atoms with Crippen molar-refractivity contribution in [1.82, 2.24) is 14.9 Å². The van der Waals surface area contributed by atoms with Gasteiger partial charge in [0.2, 0.25) is 0 Å². The van der Waals surface area contributed by atoms with Crippen molar-refractivity contribution in [2.45, 2.75) is 104 Å². The normalized spacial score (nSPS) is 23.5. The Morgan fingerprint density at radius 3 is 2.31 bits per heavy atom. The third kappa shape index (κ3) is 5.75. The molecule has 7 nitrogen and oxygen atoms in total. The van der Waals surface area contributed by atoms with Gasteiger partial charge in [-0.25, -0.2) is 9.78 Å². The van der Waals surface area contributed by atoms with Gasteiger partial charge in [-0.1, -0.05) is 31.2 Å². The minimum Gasteiger partial charge on any atom is -0.444 e. The van der Waals surface area contributed by atoms with Crippen LogP contribution in [0.1, 0.15) is 80.5 Å². The van der Waals surface area contributed by atoms with Gasteiger partial charge in [0.15, 0.2) is 0 Å². The van der Waals surface area contributed by atoms with Crippen LogP contribution in [0.2, 0.25) is 0 Å². The first-order valence-electron chi connectivity index (χ1n) is 12.7. The molecule has 0 bridgehead atoms. The molecule has 1 aromatic heterocycles. The molecule has 2 atom stereocenters. The summed E-state index contributed by atoms with van der Waals surface area (Å²) in [6, 6.07) is 8.33. The van der Waals surface area contributed by atoms with Crippen LogP contribution in [0, 0.1) is 5.92 Å². The average molecular weight is 481 g/mol. The highest BCUT2D eigenvalue weighted by Crippen LogP contribution is 2.36. The third-order valence-corrected chi connectivity index (χ3v) is 7.43. The first-order valence-corrected chi connectivity index (χ1v) is 12.7. The van der Waals surface area contributed by atoms with E-state index in [1.165, 1.54) is 0 Å². The Labute approximate surface area is 210 Å². The number of amides is 1. The standard InChI is InChI=1S/C27H40BN3O4/c1-18-9-14-21(15-18)31(24(32)33-25(2,3)4)17-23-29-16-22(30-23)19-10-12-20(13-11-19)28-34-26(5,6)27(7,8)35-28/h10-13,16,18,21H,9,14-15,17H2,1-8H3,(H,29,30)/t18-,21+/m1/s1. The van der Waals surface area contributed by atoms with E-state index in [-0.39, 0.29) is 30.5 Å². The maximum atomic E-state index is 13.0. The molecule has 0 radical (unpaired) electrons. The second-order valence-corrected chi connectivity index (χ2v) is 12.1. The maximum Gasteiger partial charge on any atom is 0.494 e. The summed E-state index contributed by atoms with van der Waals surface area (Å²) in [5.41, 5.74) is 1.63. The Balaban J connectivity index is 1.47. The van der Waals surface area contributed by atoms with Crippen molar-refractivity contribution in [2.75, 3.05) is 0 Å². The molecule has 0 spiro atoms. The number of aromatic nitrogens is 2. The minimum atomic E-state index is -0.535. The number of H-pyrrole nitrogens is 1. The van der Waals surface area contributed by atoms with Crippen LogP contribution >= 0.6 is 0 Å². The van der Waals surface area contributed by atoms with Crippen molar-refractivity contribution < 1.29 is 18.8 Å². The largest absolute Gasteiger partial charge is 0.494 e. The zero-order valence-electron chi connectivity index (χ0n) is 22.5. The van der Waals surface area contributed by atoms with Crippen molar-refractivity contribution in [1.29, 1.82) is 0 Å². The van der Waals surface area contributed by atoms with E-state index in [1.807, 2.05) is 56.1 Å². The average Bonchev–Trinajstić information content (AvgIpc) is 3.43. The number of nitrogens with one attached hydrogen (secondary N) is 1. The lowest BCUT2D eigenvalue weighted by atomic mass is 9.79. The van der Waals surface area contributed by atoms with Crippen molar-refractivity contribution in [3.8, 4) is 11.3 Å². The number of ether oxygens (including phenoxy) is 1. The minimum absolute atomic E-state index is 0.174. The third-order valence-electron chi connectivity index (χ3n) is 7.43. The Bertz CT molecular complexity index is 1030. The lowest BCUT2D eigenvalue weighted by molar-refractivity contribution is 0.00578. The number of aromatic amines is 1. The van der Waals surface area contributed by atoms with Crippen LogP contribution in [-0.4, -0.2) is 50.9 Å². The van der Waals surface area contributed by atoms with Crippen LogP contribution in [0.4, 0.5) is 4.79 Å². The SMILES string of the molecule is C[C@@H]1CC[C@H](N(Cc2ncc(-c3ccc(B4OC(C)(C)C(C)(C)O4)cc3)[nH]2)C(=O)OC(C)(C)C)C1. The van der Waals surface area contributed by atoms with Gasteiger partial charge < -0.3 is 19.0 Å². The number of rotatable bonds is 5. The molecule has 8 heteroatoms. The monoisotopic (exact) mass is 481 g/mol. The van der Waals surface area contributed by atoms with Crippen molar-refractivity contribution in [3.05, 3.63) is 36.3 Å². The molecule has 2 fully saturated rings. The summed E-state index contributed by atoms with van der Waals surface area (Å²) >= 11 is 0. The molecule has 1 amide bonds. The van der Waals surface area contributed by atoms with E-state index >= 15 is 0 Å². The first kappa shape index (κ1) is 25.8. The fraction of sp³-hybridized carbons (Fsp3) is 0.630. The quantitative estimate of drug-likeness (QED) is 0.587. The summed E-state index contributed by atoms with van der Waals surface area (Å²) in [5, 5.41) is 0. The Hall–Kier alpha value is -2.32. The van der Waals surface area contributed by atoms with Gasteiger partial charge in [-0.05, 0) is 84.7 Å². The van der Waals surface area contributed by atoms with Gasteiger partial charge in [0.05, 0.1) is 29.6 Å². The number of carbonyl (C=O) groups is 1. The lowest BCUT2D eigenvalue weighted by Crippen LogP contribution is -2.42. The van der Waals surface area contributed by atoms with Crippen LogP contribution in [0.3, 0.4) is 0 Å². The highest BCUT2D eigenvalue weighted by atomic mass is 16.7. The predicted molar refractivity (Wildman–Crippen MR) is 138 cm³/mol. The van der Waals surface area contributed by atoms with Crippen molar-refractivity contribution >= 4 is 18.7 Å². The van der Waals surface area contributed by atoms with E-state index in [9.17, 15) is 4.79 Å². The summed E-state index contributed by atoms with van der Waals surface area (Å²) in [5.74, 6) is 1.36. The number of nitrogens with zero attached hydrogens (tertiary/aromatic N) is 2. The fourth-order valence-corrected chi connectivity index (χ4v) is 4.67. The van der Waals surface area contributed by atoms with Gasteiger partial charge in [0.1, 0.15) is 11.4 Å². The maximum absolute atomic E-state index is 13.0. The number of carbonyl (C=O) groups excluding carboxylic acids is 1. The highest BCUT2D eigenvalue weighted by Gasteiger charge is 2.51. The summed E-state index contributed by atoms with van der Waals surface area (Å²) in [7, 11) is -0.387. The molecule has 4 rings (SSSR count). The molecule has 2 aliphatic rings. The zero-order chi connectivity index (χ0) is 25.6. The molecular formula is C27H40BN3O4. The van der Waals surface area contributed by atoms with Crippen LogP contribution < -0.4 is 5.46 Å². The predicted octanol–water partition coefficient (Wildman–Crippen LogP) is 5.30. The molecular weight excluding hydrogens is 441 g/mol. The van der Waals surface area contributed by atoms with E-state index < -0.39 is 5.60 Å². The number of hydrogen-bond acceptors (Lipinski definition) is 5. The molecule has 35 heavy (non-hydrogen) atoms. The van der Waals surface area contributed by atoms with E-state index in [0.717, 1.165) is 41.8 Å². The van der Waals surface area contributed by atoms with Gasteiger partial charge in [-0.3, -0.25) is 4.90 Å². The summed E-state index contributed by atoms with van der Waals surface area (Å²) in [6.07, 6.45) is 4.66. The summed E-state index contributed by atoms with van der Waals surface area (Å²) < 4.78 is 18.1. The second-order valence-electron chi connectivity index (χ2n) is 12.1. The van der Waals surface area contributed by atoms with Gasteiger partial charge in [-0.15, -0.1) is 0 Å². The smallest absolute Gasteiger partial charge is 0.444 e. The van der Waals surface area contributed by atoms with E-state index in [4.69, 9.17) is 14.0 Å². The van der Waals surface area contributed by atoms with Crippen molar-refractivity contribution in [3.63, 3.8) is 0 Å². The van der Waals surface area contributed by atoms with E-state index in [1.54, 1.807) is 0 Å². The molecule has 1 aromatic carbocycles. The Morgan fingerprint density at radius 1 is 1.14 bits per heavy atom. The molecule has 1 aliphatic carbocycles. The van der Waals surface area contributed by atoms with Crippen LogP contribution in [0.25, 0.3) is 11.3 Å². The molecule has 1 aliphatic heterocycles. The zero-order valence-corrected chi connectivity index (χ0v) is 22.5. The first-order chi connectivity index (χ1) is 16.2. The molecule has 0 unspecified atom stereocenters. The Morgan fingerprint density at radius 2 is 1.77 bits per heavy atom. The van der Waals surface area contributed by atoms with Gasteiger partial charge in [0.25, 0.3) is 0 Å². The van der Waals surface area contributed by atoms with Crippen LogP contribution in [-0.2, 0) is 20.6 Å². The molecule has 2 aromatic rings. The number of imidazole rings is 1. The van der Waals surface area contributed by atoms with Crippen molar-refractivity contribution in [2.24, 2.45) is 5.92 Å². The second kappa shape index (κ2) is 9.28. The molecule has 1 N–H and O–H groups in total. The lowest BCUT2D eigenvalue weighted by Gasteiger charge is -2.32. The highest BCUT2D eigenvalue weighted by molar-refractivity contribution is 6.62.